The Morgan fingerprint density at radius 1 is 1.44 bits per heavy atom. The Morgan fingerprint density at radius 2 is 2.32 bits per heavy atom. The molecular weight excluding hydrogens is 340 g/mol. The third-order valence-electron chi connectivity index (χ3n) is 3.93. The van der Waals surface area contributed by atoms with Crippen molar-refractivity contribution in [1.29, 1.82) is 0 Å². The van der Waals surface area contributed by atoms with E-state index in [9.17, 15) is 4.79 Å². The van der Waals surface area contributed by atoms with Crippen molar-refractivity contribution in [2.45, 2.75) is 30.6 Å². The SMILES string of the molecule is COc1cccc(C2CC(C(=O)NCCSc3n[nH]c(C)n3)NN2)c1. The van der Waals surface area contributed by atoms with E-state index in [-0.39, 0.29) is 18.0 Å². The molecule has 8 nitrogen and oxygen atoms in total. The zero-order valence-corrected chi connectivity index (χ0v) is 15.0. The topological polar surface area (TPSA) is 104 Å². The van der Waals surface area contributed by atoms with Gasteiger partial charge in [0.25, 0.3) is 0 Å². The molecule has 1 amide bonds. The summed E-state index contributed by atoms with van der Waals surface area (Å²) < 4.78 is 5.25. The molecule has 1 fully saturated rings. The molecule has 0 bridgehead atoms. The molecule has 2 aromatic rings. The zero-order valence-electron chi connectivity index (χ0n) is 14.2. The largest absolute Gasteiger partial charge is 0.497 e. The van der Waals surface area contributed by atoms with Gasteiger partial charge in [-0.3, -0.25) is 9.89 Å². The van der Waals surface area contributed by atoms with Crippen LogP contribution in [0.5, 0.6) is 5.75 Å². The fourth-order valence-corrected chi connectivity index (χ4v) is 3.33. The predicted molar refractivity (Wildman–Crippen MR) is 95.3 cm³/mol. The highest BCUT2D eigenvalue weighted by molar-refractivity contribution is 7.99. The number of aromatic nitrogens is 3. The van der Waals surface area contributed by atoms with Crippen LogP contribution in [0.25, 0.3) is 0 Å². The molecule has 4 N–H and O–H groups in total. The molecular formula is C16H22N6O2S. The van der Waals surface area contributed by atoms with Crippen molar-refractivity contribution in [3.63, 3.8) is 0 Å². The van der Waals surface area contributed by atoms with E-state index in [1.807, 2.05) is 31.2 Å². The number of benzene rings is 1. The summed E-state index contributed by atoms with van der Waals surface area (Å²) >= 11 is 1.51. The van der Waals surface area contributed by atoms with Gasteiger partial charge >= 0.3 is 0 Å². The van der Waals surface area contributed by atoms with Gasteiger partial charge in [-0.25, -0.2) is 15.8 Å². The number of aryl methyl sites for hydroxylation is 1. The lowest BCUT2D eigenvalue weighted by Gasteiger charge is -2.11. The molecule has 134 valence electrons. The van der Waals surface area contributed by atoms with Crippen molar-refractivity contribution in [3.8, 4) is 5.75 Å². The Kier molecular flexibility index (Phi) is 5.90. The first kappa shape index (κ1) is 17.7. The normalized spacial score (nSPS) is 19.8. The average Bonchev–Trinajstić information content (AvgIpc) is 3.28. The summed E-state index contributed by atoms with van der Waals surface area (Å²) in [6, 6.07) is 7.69. The molecule has 2 heterocycles. The molecule has 2 atom stereocenters. The van der Waals surface area contributed by atoms with Crippen molar-refractivity contribution in [2.24, 2.45) is 0 Å². The average molecular weight is 362 g/mol. The molecule has 25 heavy (non-hydrogen) atoms. The smallest absolute Gasteiger partial charge is 0.238 e. The van der Waals surface area contributed by atoms with Crippen LogP contribution < -0.4 is 20.9 Å². The molecule has 0 saturated carbocycles. The van der Waals surface area contributed by atoms with Crippen LogP contribution >= 0.6 is 11.8 Å². The van der Waals surface area contributed by atoms with Crippen LogP contribution in [-0.4, -0.2) is 46.5 Å². The first-order chi connectivity index (χ1) is 12.2. The van der Waals surface area contributed by atoms with Gasteiger partial charge in [0.15, 0.2) is 0 Å². The maximum absolute atomic E-state index is 12.3. The lowest BCUT2D eigenvalue weighted by Crippen LogP contribution is -2.43. The Balaban J connectivity index is 1.42. The van der Waals surface area contributed by atoms with Crippen LogP contribution in [0, 0.1) is 6.92 Å². The quantitative estimate of drug-likeness (QED) is 0.429. The number of methoxy groups -OCH3 is 1. The monoisotopic (exact) mass is 362 g/mol. The standard InChI is InChI=1S/C16H22N6O2S/c1-10-18-16(22-19-10)25-7-6-17-15(23)14-9-13(20-21-14)11-4-3-5-12(8-11)24-2/h3-5,8,13-14,20-21H,6-7,9H2,1-2H3,(H,17,23)(H,18,19,22). The number of thioether (sulfide) groups is 1. The van der Waals surface area contributed by atoms with Crippen molar-refractivity contribution < 1.29 is 9.53 Å². The van der Waals surface area contributed by atoms with E-state index < -0.39 is 0 Å². The molecule has 0 radical (unpaired) electrons. The van der Waals surface area contributed by atoms with Crippen molar-refractivity contribution in [2.75, 3.05) is 19.4 Å². The van der Waals surface area contributed by atoms with E-state index in [4.69, 9.17) is 4.74 Å². The van der Waals surface area contributed by atoms with Gasteiger partial charge in [-0.1, -0.05) is 23.9 Å². The fraction of sp³-hybridized carbons (Fsp3) is 0.438. The highest BCUT2D eigenvalue weighted by Crippen LogP contribution is 2.25. The van der Waals surface area contributed by atoms with Crippen LogP contribution in [0.15, 0.2) is 29.4 Å². The summed E-state index contributed by atoms with van der Waals surface area (Å²) in [7, 11) is 1.65. The first-order valence-corrected chi connectivity index (χ1v) is 9.09. The molecule has 9 heteroatoms. The van der Waals surface area contributed by atoms with Crippen LogP contribution in [0.3, 0.4) is 0 Å². The van der Waals surface area contributed by atoms with Gasteiger partial charge in [-0.2, -0.15) is 0 Å². The van der Waals surface area contributed by atoms with Gasteiger partial charge in [-0.15, -0.1) is 5.10 Å². The highest BCUT2D eigenvalue weighted by Gasteiger charge is 2.30. The molecule has 1 aromatic carbocycles. The van der Waals surface area contributed by atoms with E-state index in [2.05, 4.69) is 31.3 Å². The number of H-pyrrole nitrogens is 1. The van der Waals surface area contributed by atoms with Crippen LogP contribution in [0.2, 0.25) is 0 Å². The summed E-state index contributed by atoms with van der Waals surface area (Å²) in [6.45, 7) is 2.43. The zero-order chi connectivity index (χ0) is 17.6. The number of hydrazine groups is 1. The minimum Gasteiger partial charge on any atom is -0.497 e. The van der Waals surface area contributed by atoms with Crippen molar-refractivity contribution >= 4 is 17.7 Å². The fourth-order valence-electron chi connectivity index (χ4n) is 2.63. The number of hydrogen-bond acceptors (Lipinski definition) is 7. The van der Waals surface area contributed by atoms with E-state index in [1.165, 1.54) is 11.8 Å². The third kappa shape index (κ3) is 4.71. The Bertz CT molecular complexity index is 722. The first-order valence-electron chi connectivity index (χ1n) is 8.10. The van der Waals surface area contributed by atoms with Gasteiger partial charge in [0.1, 0.15) is 17.6 Å². The molecule has 3 rings (SSSR count). The lowest BCUT2D eigenvalue weighted by molar-refractivity contribution is -0.122. The van der Waals surface area contributed by atoms with Crippen LogP contribution in [-0.2, 0) is 4.79 Å². The molecule has 1 saturated heterocycles. The van der Waals surface area contributed by atoms with Gasteiger partial charge in [0, 0.05) is 18.3 Å². The summed E-state index contributed by atoms with van der Waals surface area (Å²) in [5.41, 5.74) is 7.34. The maximum atomic E-state index is 12.3. The highest BCUT2D eigenvalue weighted by atomic mass is 32.2. The maximum Gasteiger partial charge on any atom is 0.238 e. The predicted octanol–water partition coefficient (Wildman–Crippen LogP) is 0.938. The van der Waals surface area contributed by atoms with Crippen molar-refractivity contribution in [1.82, 2.24) is 31.3 Å². The third-order valence-corrected chi connectivity index (χ3v) is 4.77. The lowest BCUT2D eigenvalue weighted by atomic mass is 10.0. The number of nitrogens with one attached hydrogen (secondary N) is 4. The second-order valence-corrected chi connectivity index (χ2v) is 6.81. The van der Waals surface area contributed by atoms with Gasteiger partial charge in [0.2, 0.25) is 11.1 Å². The minimum atomic E-state index is -0.257. The summed E-state index contributed by atoms with van der Waals surface area (Å²) in [6.07, 6.45) is 0.687. The Hall–Kier alpha value is -2.10. The number of carbonyl (C=O) groups is 1. The van der Waals surface area contributed by atoms with Gasteiger partial charge < -0.3 is 10.1 Å². The summed E-state index contributed by atoms with van der Waals surface area (Å²) in [4.78, 5) is 16.5. The second-order valence-electron chi connectivity index (χ2n) is 5.75. The number of ether oxygens (including phenoxy) is 1. The molecule has 1 aromatic heterocycles. The number of nitrogens with zero attached hydrogens (tertiary/aromatic N) is 2. The second kappa shape index (κ2) is 8.32. The van der Waals surface area contributed by atoms with E-state index in [1.54, 1.807) is 7.11 Å². The van der Waals surface area contributed by atoms with Crippen LogP contribution in [0.4, 0.5) is 0 Å². The molecule has 0 spiro atoms. The molecule has 1 aliphatic heterocycles. The molecule has 0 aliphatic carbocycles. The van der Waals surface area contributed by atoms with Crippen LogP contribution in [0.1, 0.15) is 23.9 Å². The minimum absolute atomic E-state index is 0.00957. The Morgan fingerprint density at radius 3 is 3.08 bits per heavy atom. The molecule has 2 unspecified atom stereocenters. The van der Waals surface area contributed by atoms with Crippen molar-refractivity contribution in [3.05, 3.63) is 35.7 Å². The number of carbonyl (C=O) groups excluding carboxylic acids is 1. The Labute approximate surface area is 150 Å². The van der Waals surface area contributed by atoms with E-state index in [0.29, 0.717) is 18.1 Å². The van der Waals surface area contributed by atoms with E-state index >= 15 is 0 Å². The van der Waals surface area contributed by atoms with Gasteiger partial charge in [0.05, 0.1) is 7.11 Å². The number of rotatable bonds is 7. The number of aromatic amines is 1. The number of amides is 1. The summed E-state index contributed by atoms with van der Waals surface area (Å²) in [5, 5.41) is 10.5. The van der Waals surface area contributed by atoms with E-state index in [0.717, 1.165) is 22.9 Å². The van der Waals surface area contributed by atoms with Gasteiger partial charge in [-0.05, 0) is 31.0 Å². The molecule has 1 aliphatic rings. The summed E-state index contributed by atoms with van der Waals surface area (Å²) in [5.74, 6) is 2.31. The number of hydrogen-bond donors (Lipinski definition) is 4.